The fourth-order valence-electron chi connectivity index (χ4n) is 4.03. The van der Waals surface area contributed by atoms with Gasteiger partial charge in [-0.1, -0.05) is 12.1 Å². The van der Waals surface area contributed by atoms with E-state index in [1.807, 2.05) is 38.1 Å². The topological polar surface area (TPSA) is 105 Å². The van der Waals surface area contributed by atoms with Gasteiger partial charge in [-0.3, -0.25) is 14.4 Å². The molecule has 9 nitrogen and oxygen atoms in total. The Kier molecular flexibility index (Phi) is 7.58. The molecule has 9 heteroatoms. The number of benzene rings is 2. The highest BCUT2D eigenvalue weighted by atomic mass is 16.7. The molecular formula is C27H28N2O7. The second-order valence-electron chi connectivity index (χ2n) is 8.37. The largest absolute Gasteiger partial charge is 0.497 e. The number of aryl methyl sites for hydroxylation is 2. The van der Waals surface area contributed by atoms with Crippen LogP contribution in [-0.4, -0.2) is 49.3 Å². The lowest BCUT2D eigenvalue weighted by Gasteiger charge is -2.10. The number of amides is 1. The van der Waals surface area contributed by atoms with Crippen LogP contribution in [0.3, 0.4) is 0 Å². The lowest BCUT2D eigenvalue weighted by Crippen LogP contribution is -2.31. The predicted octanol–water partition coefficient (Wildman–Crippen LogP) is 3.24. The van der Waals surface area contributed by atoms with Gasteiger partial charge in [0.1, 0.15) is 12.3 Å². The van der Waals surface area contributed by atoms with E-state index in [9.17, 15) is 14.4 Å². The summed E-state index contributed by atoms with van der Waals surface area (Å²) in [5.74, 6) is 0.376. The summed E-state index contributed by atoms with van der Waals surface area (Å²) in [7, 11) is 1.63. The van der Waals surface area contributed by atoms with E-state index in [1.54, 1.807) is 25.3 Å². The number of methoxy groups -OCH3 is 1. The average Bonchev–Trinajstić information content (AvgIpc) is 3.48. The van der Waals surface area contributed by atoms with E-state index in [1.165, 1.54) is 6.07 Å². The van der Waals surface area contributed by atoms with Crippen molar-refractivity contribution in [2.45, 2.75) is 26.8 Å². The van der Waals surface area contributed by atoms with Crippen LogP contribution in [0.15, 0.2) is 48.5 Å². The van der Waals surface area contributed by atoms with E-state index in [2.05, 4.69) is 9.88 Å². The SMILES string of the molecule is COc1ccc(CCn2c(C)cc(C(=O)COC(=O)CNC(=O)c3ccc4c(c3)OCO4)c2C)cc1. The van der Waals surface area contributed by atoms with Gasteiger partial charge < -0.3 is 28.8 Å². The van der Waals surface area contributed by atoms with Crippen molar-refractivity contribution in [3.05, 3.63) is 76.6 Å². The first kappa shape index (κ1) is 24.8. The number of ether oxygens (including phenoxy) is 4. The van der Waals surface area contributed by atoms with Crippen molar-refractivity contribution in [2.75, 3.05) is 27.1 Å². The number of nitrogens with zero attached hydrogens (tertiary/aromatic N) is 1. The van der Waals surface area contributed by atoms with Gasteiger partial charge in [0, 0.05) is 29.1 Å². The zero-order valence-corrected chi connectivity index (χ0v) is 20.5. The maximum absolute atomic E-state index is 12.7. The quantitative estimate of drug-likeness (QED) is 0.342. The Hall–Kier alpha value is -4.27. The van der Waals surface area contributed by atoms with Crippen molar-refractivity contribution in [3.63, 3.8) is 0 Å². The molecule has 1 aliphatic rings. The summed E-state index contributed by atoms with van der Waals surface area (Å²) in [6.45, 7) is 3.87. The van der Waals surface area contributed by atoms with Gasteiger partial charge in [0.05, 0.1) is 7.11 Å². The van der Waals surface area contributed by atoms with E-state index >= 15 is 0 Å². The Balaban J connectivity index is 1.26. The third-order valence-electron chi connectivity index (χ3n) is 6.05. The number of esters is 1. The Morgan fingerprint density at radius 1 is 1.00 bits per heavy atom. The van der Waals surface area contributed by atoms with Crippen LogP contribution < -0.4 is 19.5 Å². The molecule has 0 aliphatic carbocycles. The Morgan fingerprint density at radius 3 is 2.50 bits per heavy atom. The molecule has 36 heavy (non-hydrogen) atoms. The van der Waals surface area contributed by atoms with Gasteiger partial charge in [0.25, 0.3) is 5.91 Å². The first-order valence-corrected chi connectivity index (χ1v) is 11.5. The summed E-state index contributed by atoms with van der Waals surface area (Å²) < 4.78 is 22.8. The van der Waals surface area contributed by atoms with Crippen molar-refractivity contribution >= 4 is 17.7 Å². The van der Waals surface area contributed by atoms with E-state index in [0.29, 0.717) is 29.2 Å². The van der Waals surface area contributed by atoms with Crippen LogP contribution in [0.4, 0.5) is 0 Å². The van der Waals surface area contributed by atoms with Crippen LogP contribution in [0.1, 0.15) is 37.7 Å². The van der Waals surface area contributed by atoms with Crippen LogP contribution in [0.5, 0.6) is 17.2 Å². The number of carbonyl (C=O) groups excluding carboxylic acids is 3. The molecule has 188 valence electrons. The van der Waals surface area contributed by atoms with Crippen molar-refractivity contribution < 1.29 is 33.3 Å². The number of hydrogen-bond donors (Lipinski definition) is 1. The summed E-state index contributed by atoms with van der Waals surface area (Å²) in [5, 5.41) is 2.48. The first-order chi connectivity index (χ1) is 17.4. The van der Waals surface area contributed by atoms with Gasteiger partial charge in [-0.25, -0.2) is 0 Å². The zero-order chi connectivity index (χ0) is 25.7. The van der Waals surface area contributed by atoms with Gasteiger partial charge in [0.2, 0.25) is 12.6 Å². The molecule has 1 N–H and O–H groups in total. The highest BCUT2D eigenvalue weighted by molar-refractivity contribution is 6.00. The molecule has 1 amide bonds. The van der Waals surface area contributed by atoms with Gasteiger partial charge in [-0.15, -0.1) is 0 Å². The summed E-state index contributed by atoms with van der Waals surface area (Å²) in [6, 6.07) is 14.4. The highest BCUT2D eigenvalue weighted by Crippen LogP contribution is 2.32. The Morgan fingerprint density at radius 2 is 1.75 bits per heavy atom. The van der Waals surface area contributed by atoms with Crippen molar-refractivity contribution in [3.8, 4) is 17.2 Å². The van der Waals surface area contributed by atoms with E-state index in [4.69, 9.17) is 18.9 Å². The third-order valence-corrected chi connectivity index (χ3v) is 6.05. The molecule has 1 aromatic heterocycles. The van der Waals surface area contributed by atoms with Crippen LogP contribution in [0.25, 0.3) is 0 Å². The molecule has 4 rings (SSSR count). The smallest absolute Gasteiger partial charge is 0.325 e. The summed E-state index contributed by atoms with van der Waals surface area (Å²) in [4.78, 5) is 37.1. The fraction of sp³-hybridized carbons (Fsp3) is 0.296. The number of Topliss-reactive ketones (excluding diaryl/α,β-unsaturated/α-hetero) is 1. The number of hydrogen-bond acceptors (Lipinski definition) is 7. The minimum atomic E-state index is -0.703. The molecule has 0 saturated heterocycles. The molecule has 0 fully saturated rings. The van der Waals surface area contributed by atoms with Gasteiger partial charge in [-0.2, -0.15) is 0 Å². The van der Waals surface area contributed by atoms with Crippen LogP contribution in [0, 0.1) is 13.8 Å². The third kappa shape index (κ3) is 5.68. The van der Waals surface area contributed by atoms with E-state index in [-0.39, 0.29) is 19.1 Å². The number of fused-ring (bicyclic) bond motifs is 1. The molecular weight excluding hydrogens is 464 g/mol. The molecule has 0 unspecified atom stereocenters. The summed E-state index contributed by atoms with van der Waals surface area (Å²) in [5.41, 5.74) is 3.77. The normalized spacial score (nSPS) is 11.8. The molecule has 0 saturated carbocycles. The van der Waals surface area contributed by atoms with Crippen molar-refractivity contribution in [1.82, 2.24) is 9.88 Å². The van der Waals surface area contributed by atoms with Crippen molar-refractivity contribution in [2.24, 2.45) is 0 Å². The lowest BCUT2D eigenvalue weighted by atomic mass is 10.1. The fourth-order valence-corrected chi connectivity index (χ4v) is 4.03. The lowest BCUT2D eigenvalue weighted by molar-refractivity contribution is -0.141. The van der Waals surface area contributed by atoms with Crippen LogP contribution in [0.2, 0.25) is 0 Å². The Labute approximate surface area is 208 Å². The summed E-state index contributed by atoms with van der Waals surface area (Å²) >= 11 is 0. The first-order valence-electron chi connectivity index (χ1n) is 11.5. The monoisotopic (exact) mass is 492 g/mol. The van der Waals surface area contributed by atoms with Gasteiger partial charge in [0.15, 0.2) is 18.1 Å². The molecule has 0 atom stereocenters. The molecule has 2 aromatic carbocycles. The number of carbonyl (C=O) groups is 3. The minimum absolute atomic E-state index is 0.103. The summed E-state index contributed by atoms with van der Waals surface area (Å²) in [6.07, 6.45) is 0.798. The van der Waals surface area contributed by atoms with Crippen LogP contribution in [-0.2, 0) is 22.5 Å². The highest BCUT2D eigenvalue weighted by Gasteiger charge is 2.19. The maximum atomic E-state index is 12.7. The standard InChI is InChI=1S/C27H28N2O7/c1-17-12-22(18(2)29(17)11-10-19-4-7-21(33-3)8-5-19)23(30)15-34-26(31)14-28-27(32)20-6-9-24-25(13-20)36-16-35-24/h4-9,12-13H,10-11,14-16H2,1-3H3,(H,28,32). The van der Waals surface area contributed by atoms with Crippen molar-refractivity contribution in [1.29, 1.82) is 0 Å². The number of aromatic nitrogens is 1. The van der Waals surface area contributed by atoms with Gasteiger partial charge >= 0.3 is 5.97 Å². The maximum Gasteiger partial charge on any atom is 0.325 e. The molecule has 1 aliphatic heterocycles. The predicted molar refractivity (Wildman–Crippen MR) is 131 cm³/mol. The minimum Gasteiger partial charge on any atom is -0.497 e. The number of nitrogens with one attached hydrogen (secondary N) is 1. The second-order valence-corrected chi connectivity index (χ2v) is 8.37. The van der Waals surface area contributed by atoms with E-state index < -0.39 is 18.5 Å². The molecule has 0 spiro atoms. The molecule has 0 radical (unpaired) electrons. The van der Waals surface area contributed by atoms with Crippen LogP contribution >= 0.6 is 0 Å². The molecule has 3 aromatic rings. The second kappa shape index (κ2) is 11.0. The zero-order valence-electron chi connectivity index (χ0n) is 20.5. The van der Waals surface area contributed by atoms with Gasteiger partial charge in [-0.05, 0) is 62.2 Å². The molecule has 0 bridgehead atoms. The van der Waals surface area contributed by atoms with E-state index in [0.717, 1.165) is 29.1 Å². The average molecular weight is 493 g/mol. The Bertz CT molecular complexity index is 1280. The molecule has 2 heterocycles. The number of rotatable bonds is 10. The number of ketones is 1.